The molecule has 2 aliphatic heterocycles. The lowest BCUT2D eigenvalue weighted by molar-refractivity contribution is 0.301. The fourth-order valence-corrected chi connectivity index (χ4v) is 13.6. The second-order valence-electron chi connectivity index (χ2n) is 9.44. The minimum atomic E-state index is 0.358. The zero-order chi connectivity index (χ0) is 22.4. The second kappa shape index (κ2) is 17.5. The van der Waals surface area contributed by atoms with Gasteiger partial charge < -0.3 is 10.2 Å². The Morgan fingerprint density at radius 2 is 1.06 bits per heavy atom. The first-order valence-corrected chi connectivity index (χ1v) is 19.0. The van der Waals surface area contributed by atoms with Gasteiger partial charge in [0.05, 0.1) is 22.4 Å². The van der Waals surface area contributed by atoms with Crippen LogP contribution in [0.5, 0.6) is 0 Å². The molecule has 0 aromatic heterocycles. The quantitative estimate of drug-likeness (QED) is 0.198. The van der Waals surface area contributed by atoms with Crippen LogP contribution >= 0.6 is 70.6 Å². The average molecular weight is 557 g/mol. The summed E-state index contributed by atoms with van der Waals surface area (Å²) >= 11 is 12.6. The van der Waals surface area contributed by atoms with Gasteiger partial charge in [0.15, 0.2) is 0 Å². The minimum Gasteiger partial charge on any atom is -0.395 e. The van der Waals surface area contributed by atoms with E-state index in [0.29, 0.717) is 23.7 Å². The van der Waals surface area contributed by atoms with Crippen LogP contribution in [-0.4, -0.2) is 77.6 Å². The monoisotopic (exact) mass is 556 g/mol. The van der Waals surface area contributed by atoms with E-state index >= 15 is 0 Å². The molecule has 32 heavy (non-hydrogen) atoms. The maximum atomic E-state index is 9.24. The first-order chi connectivity index (χ1) is 15.8. The molecule has 3 aliphatic rings. The Bertz CT molecular complexity index is 435. The molecule has 1 aliphatic carbocycles. The maximum Gasteiger partial charge on any atom is 0.0558 e. The molecule has 0 radical (unpaired) electrons. The molecule has 1 saturated carbocycles. The second-order valence-corrected chi connectivity index (χ2v) is 17.8. The number of rotatable bonds is 16. The topological polar surface area (TPSA) is 40.5 Å². The van der Waals surface area contributed by atoms with Crippen molar-refractivity contribution in [2.75, 3.05) is 47.7 Å². The van der Waals surface area contributed by atoms with E-state index in [1.165, 1.54) is 87.2 Å². The van der Waals surface area contributed by atoms with Crippen LogP contribution in [0.2, 0.25) is 0 Å². The van der Waals surface area contributed by atoms with Gasteiger partial charge in [-0.15, -0.1) is 47.0 Å². The summed E-state index contributed by atoms with van der Waals surface area (Å²) in [7, 11) is 0. The summed E-state index contributed by atoms with van der Waals surface area (Å²) in [6.07, 6.45) is 14.0. The summed E-state index contributed by atoms with van der Waals surface area (Å²) in [6, 6.07) is 0. The molecule has 2 nitrogen and oxygen atoms in total. The molecular weight excluding hydrogens is 513 g/mol. The molecule has 188 valence electrons. The van der Waals surface area contributed by atoms with Crippen molar-refractivity contribution in [3.8, 4) is 0 Å². The highest BCUT2D eigenvalue weighted by Gasteiger charge is 2.26. The minimum absolute atomic E-state index is 0.358. The maximum absolute atomic E-state index is 9.24. The van der Waals surface area contributed by atoms with Crippen LogP contribution in [-0.2, 0) is 0 Å². The Morgan fingerprint density at radius 1 is 0.625 bits per heavy atom. The molecule has 0 spiro atoms. The van der Waals surface area contributed by atoms with Crippen molar-refractivity contribution in [2.24, 2.45) is 11.8 Å². The molecule has 3 rings (SSSR count). The lowest BCUT2D eigenvalue weighted by Gasteiger charge is -2.28. The van der Waals surface area contributed by atoms with Crippen molar-refractivity contribution in [2.45, 2.75) is 83.9 Å². The van der Waals surface area contributed by atoms with Crippen molar-refractivity contribution >= 4 is 70.6 Å². The lowest BCUT2D eigenvalue weighted by Crippen LogP contribution is -2.18. The van der Waals surface area contributed by atoms with Crippen molar-refractivity contribution in [3.63, 3.8) is 0 Å². The number of unbranched alkanes of at least 4 members (excludes halogenated alkanes) is 2. The van der Waals surface area contributed by atoms with Crippen LogP contribution in [0, 0.1) is 11.8 Å². The molecule has 8 heteroatoms. The van der Waals surface area contributed by atoms with E-state index in [1.807, 2.05) is 23.5 Å². The largest absolute Gasteiger partial charge is 0.395 e. The lowest BCUT2D eigenvalue weighted by atomic mass is 9.84. The average Bonchev–Trinajstić information content (AvgIpc) is 3.48. The fraction of sp³-hybridized carbons (Fsp3) is 1.00. The van der Waals surface area contributed by atoms with E-state index in [9.17, 15) is 10.2 Å². The smallest absolute Gasteiger partial charge is 0.0558 e. The molecule has 0 aromatic carbocycles. The third kappa shape index (κ3) is 11.4. The van der Waals surface area contributed by atoms with Gasteiger partial charge in [-0.1, -0.05) is 12.8 Å². The number of thioether (sulfide) groups is 6. The predicted octanol–water partition coefficient (Wildman–Crippen LogP) is 6.93. The summed E-state index contributed by atoms with van der Waals surface area (Å²) in [5.74, 6) is 9.75. The predicted molar refractivity (Wildman–Crippen MR) is 157 cm³/mol. The molecular formula is C24H44O2S6. The van der Waals surface area contributed by atoms with E-state index in [1.54, 1.807) is 0 Å². The summed E-state index contributed by atoms with van der Waals surface area (Å²) in [6.45, 7) is 0.716. The number of hydrogen-bond donors (Lipinski definition) is 2. The summed E-state index contributed by atoms with van der Waals surface area (Å²) in [4.78, 5) is 0. The van der Waals surface area contributed by atoms with Crippen LogP contribution < -0.4 is 0 Å². The summed E-state index contributed by atoms with van der Waals surface area (Å²) < 4.78 is 1.49. The van der Waals surface area contributed by atoms with Gasteiger partial charge in [0.1, 0.15) is 0 Å². The van der Waals surface area contributed by atoms with Gasteiger partial charge in [0, 0.05) is 22.0 Å². The van der Waals surface area contributed by atoms with Gasteiger partial charge in [-0.25, -0.2) is 0 Å². The van der Waals surface area contributed by atoms with Crippen LogP contribution in [0.4, 0.5) is 0 Å². The highest BCUT2D eigenvalue weighted by atomic mass is 32.2. The first-order valence-electron chi connectivity index (χ1n) is 12.7. The molecule has 4 atom stereocenters. The van der Waals surface area contributed by atoms with Crippen LogP contribution in [0.25, 0.3) is 0 Å². The number of aliphatic hydroxyl groups excluding tert-OH is 2. The summed E-state index contributed by atoms with van der Waals surface area (Å²) in [5.41, 5.74) is 0. The van der Waals surface area contributed by atoms with Gasteiger partial charge in [-0.2, -0.15) is 23.5 Å². The Balaban J connectivity index is 1.08. The van der Waals surface area contributed by atoms with Gasteiger partial charge in [-0.3, -0.25) is 0 Å². The molecule has 4 unspecified atom stereocenters. The van der Waals surface area contributed by atoms with Gasteiger partial charge in [0.2, 0.25) is 0 Å². The standard InChI is InChI=1S/C24H44O2S6/c25-13-21-17-29-23(31-21)5-1-3-11-27-15-19-7-9-20(10-8-19)16-28-12-4-2-6-24-30-18-22(14-26)32-24/h19-26H,1-18H2. The van der Waals surface area contributed by atoms with Crippen molar-refractivity contribution in [1.29, 1.82) is 0 Å². The Hall–Kier alpha value is 2.02. The van der Waals surface area contributed by atoms with Gasteiger partial charge in [-0.05, 0) is 86.2 Å². The van der Waals surface area contributed by atoms with E-state index in [-0.39, 0.29) is 0 Å². The normalized spacial score (nSPS) is 33.2. The summed E-state index contributed by atoms with van der Waals surface area (Å²) in [5, 5.41) is 19.5. The highest BCUT2D eigenvalue weighted by molar-refractivity contribution is 8.20. The Labute approximate surface area is 222 Å². The fourth-order valence-electron chi connectivity index (χ4n) is 4.61. The molecule has 2 saturated heterocycles. The van der Waals surface area contributed by atoms with Crippen LogP contribution in [0.3, 0.4) is 0 Å². The number of aliphatic hydroxyl groups is 2. The van der Waals surface area contributed by atoms with Gasteiger partial charge >= 0.3 is 0 Å². The third-order valence-corrected chi connectivity index (χ3v) is 16.0. The van der Waals surface area contributed by atoms with Crippen molar-refractivity contribution in [1.82, 2.24) is 0 Å². The molecule has 2 N–H and O–H groups in total. The van der Waals surface area contributed by atoms with E-state index < -0.39 is 0 Å². The first kappa shape index (κ1) is 28.6. The van der Waals surface area contributed by atoms with Crippen LogP contribution in [0.1, 0.15) is 64.2 Å². The molecule has 2 heterocycles. The molecule has 0 bridgehead atoms. The van der Waals surface area contributed by atoms with E-state index in [2.05, 4.69) is 47.0 Å². The molecule has 3 fully saturated rings. The Morgan fingerprint density at radius 3 is 1.44 bits per heavy atom. The molecule has 0 aromatic rings. The SMILES string of the molecule is OCC1CSC(CCCCSCC2CCC(CSCCCCC3SCC(CO)S3)CC2)S1. The van der Waals surface area contributed by atoms with E-state index in [4.69, 9.17) is 0 Å². The highest BCUT2D eigenvalue weighted by Crippen LogP contribution is 2.41. The number of hydrogen-bond acceptors (Lipinski definition) is 8. The van der Waals surface area contributed by atoms with Crippen LogP contribution in [0.15, 0.2) is 0 Å². The van der Waals surface area contributed by atoms with Crippen molar-refractivity contribution < 1.29 is 10.2 Å². The van der Waals surface area contributed by atoms with Gasteiger partial charge in [0.25, 0.3) is 0 Å². The zero-order valence-corrected chi connectivity index (χ0v) is 24.4. The van der Waals surface area contributed by atoms with Crippen molar-refractivity contribution in [3.05, 3.63) is 0 Å². The van der Waals surface area contributed by atoms with E-state index in [0.717, 1.165) is 32.5 Å². The molecule has 0 amide bonds. The third-order valence-electron chi connectivity index (χ3n) is 6.66. The Kier molecular flexibility index (Phi) is 15.6. The zero-order valence-electron chi connectivity index (χ0n) is 19.5.